The first-order valence-corrected chi connectivity index (χ1v) is 17.6. The SMILES string of the molecule is CSc1cc(/C=C(\C)[C@@H]2C[C@@H]3N(CCO)[C@]3(C)CCC[C@H](C)[C@H](O)[C@@H](C)C(=O)C(C)(C)[C@@H](O)CC(=O)O2)nn1-c1ccc(N)c(F)c1. The molecule has 47 heavy (non-hydrogen) atoms. The number of benzene rings is 1. The quantitative estimate of drug-likeness (QED) is 0.148. The van der Waals surface area contributed by atoms with Gasteiger partial charge in [0.05, 0.1) is 47.7 Å². The number of hydrogen-bond acceptors (Lipinski definition) is 10. The topological polar surface area (TPSA) is 151 Å². The Kier molecular flexibility index (Phi) is 11.7. The average molecular weight is 675 g/mol. The number of nitrogens with zero attached hydrogens (tertiary/aromatic N) is 3. The Morgan fingerprint density at radius 1 is 1.21 bits per heavy atom. The lowest BCUT2D eigenvalue weighted by Crippen LogP contribution is -2.45. The molecular formula is C35H51FN4O6S. The van der Waals surface area contributed by atoms with Crippen LogP contribution in [0.15, 0.2) is 34.9 Å². The summed E-state index contributed by atoms with van der Waals surface area (Å²) in [4.78, 5) is 29.1. The van der Waals surface area contributed by atoms with Crippen molar-refractivity contribution in [2.24, 2.45) is 17.3 Å². The summed E-state index contributed by atoms with van der Waals surface area (Å²) in [5.41, 5.74) is 6.03. The molecule has 12 heteroatoms. The van der Waals surface area contributed by atoms with Crippen molar-refractivity contribution >= 4 is 35.3 Å². The highest BCUT2D eigenvalue weighted by Gasteiger charge is 2.58. The van der Waals surface area contributed by atoms with Gasteiger partial charge >= 0.3 is 5.97 Å². The largest absolute Gasteiger partial charge is 0.458 e. The van der Waals surface area contributed by atoms with Gasteiger partial charge in [-0.1, -0.05) is 34.1 Å². The van der Waals surface area contributed by atoms with Crippen LogP contribution in [-0.4, -0.2) is 91.1 Å². The molecule has 260 valence electrons. The number of anilines is 1. The summed E-state index contributed by atoms with van der Waals surface area (Å²) in [5, 5.41) is 37.5. The molecule has 8 atom stereocenters. The molecule has 1 aromatic carbocycles. The Morgan fingerprint density at radius 3 is 2.55 bits per heavy atom. The first-order valence-electron chi connectivity index (χ1n) is 16.4. The van der Waals surface area contributed by atoms with Gasteiger partial charge in [0.2, 0.25) is 0 Å². The van der Waals surface area contributed by atoms with Crippen LogP contribution in [0, 0.1) is 23.1 Å². The van der Waals surface area contributed by atoms with E-state index in [0.29, 0.717) is 30.8 Å². The fourth-order valence-electron chi connectivity index (χ4n) is 7.05. The van der Waals surface area contributed by atoms with Gasteiger partial charge in [0.1, 0.15) is 22.7 Å². The number of ketones is 1. The highest BCUT2D eigenvalue weighted by molar-refractivity contribution is 7.98. The van der Waals surface area contributed by atoms with E-state index in [4.69, 9.17) is 15.6 Å². The van der Waals surface area contributed by atoms with E-state index in [0.717, 1.165) is 23.4 Å². The van der Waals surface area contributed by atoms with Crippen molar-refractivity contribution < 1.29 is 34.0 Å². The van der Waals surface area contributed by atoms with Crippen molar-refractivity contribution in [3.63, 3.8) is 0 Å². The van der Waals surface area contributed by atoms with E-state index in [1.807, 2.05) is 32.2 Å². The van der Waals surface area contributed by atoms with Gasteiger partial charge in [0.25, 0.3) is 0 Å². The van der Waals surface area contributed by atoms with Crippen LogP contribution >= 0.6 is 11.8 Å². The van der Waals surface area contributed by atoms with Crippen molar-refractivity contribution in [1.82, 2.24) is 14.7 Å². The van der Waals surface area contributed by atoms with Gasteiger partial charge in [-0.3, -0.25) is 14.5 Å². The van der Waals surface area contributed by atoms with E-state index in [1.165, 1.54) is 23.9 Å². The summed E-state index contributed by atoms with van der Waals surface area (Å²) < 4.78 is 22.0. The van der Waals surface area contributed by atoms with Crippen LogP contribution in [0.5, 0.6) is 0 Å². The van der Waals surface area contributed by atoms with Crippen molar-refractivity contribution in [3.8, 4) is 5.69 Å². The molecule has 4 rings (SSSR count). The molecule has 2 fully saturated rings. The van der Waals surface area contributed by atoms with E-state index >= 15 is 0 Å². The summed E-state index contributed by atoms with van der Waals surface area (Å²) in [7, 11) is 0. The zero-order valence-electron chi connectivity index (χ0n) is 28.6. The molecule has 0 radical (unpaired) electrons. The lowest BCUT2D eigenvalue weighted by Gasteiger charge is -2.34. The van der Waals surface area contributed by atoms with E-state index in [-0.39, 0.29) is 35.6 Å². The highest BCUT2D eigenvalue weighted by atomic mass is 32.2. The molecule has 1 unspecified atom stereocenters. The Labute approximate surface area is 281 Å². The fourth-order valence-corrected chi connectivity index (χ4v) is 7.61. The van der Waals surface area contributed by atoms with E-state index in [2.05, 4.69) is 11.8 Å². The van der Waals surface area contributed by atoms with E-state index in [1.54, 1.807) is 31.5 Å². The predicted octanol–water partition coefficient (Wildman–Crippen LogP) is 4.62. The Balaban J connectivity index is 1.68. The maximum Gasteiger partial charge on any atom is 0.309 e. The summed E-state index contributed by atoms with van der Waals surface area (Å²) in [6.07, 6.45) is 3.26. The number of nitrogens with two attached hydrogens (primary N) is 1. The second kappa shape index (κ2) is 14.8. The van der Waals surface area contributed by atoms with Crippen LogP contribution < -0.4 is 5.73 Å². The van der Waals surface area contributed by atoms with Gasteiger partial charge < -0.3 is 25.8 Å². The fraction of sp³-hybridized carbons (Fsp3) is 0.629. The van der Waals surface area contributed by atoms with E-state index in [9.17, 15) is 29.3 Å². The number of carbonyl (C=O) groups is 2. The maximum absolute atomic E-state index is 14.3. The van der Waals surface area contributed by atoms with Crippen molar-refractivity contribution in [2.75, 3.05) is 25.1 Å². The number of carbonyl (C=O) groups excluding carboxylic acids is 2. The standard InChI is InChI=1S/C35H51FN4O6S/c1-20-9-8-12-35(6)28(39(35)13-14-41)18-27(46-31(43)19-29(42)34(4,5)33(45)22(3)32(20)44)21(2)15-23-16-30(47-7)40(38-23)24-10-11-26(37)25(36)17-24/h10-11,15-17,20,22,27-29,32,41-42,44H,8-9,12-14,18-19,37H2,1-7H3/b21-15+/t20-,22+,27-,28-,29-,32-,35+,39?/m0/s1. The van der Waals surface area contributed by atoms with Gasteiger partial charge in [-0.2, -0.15) is 5.10 Å². The summed E-state index contributed by atoms with van der Waals surface area (Å²) in [5.74, 6) is -2.35. The van der Waals surface area contributed by atoms with Gasteiger partial charge in [0.15, 0.2) is 0 Å². The number of aliphatic hydroxyl groups excluding tert-OH is 3. The van der Waals surface area contributed by atoms with Gasteiger partial charge in [-0.05, 0) is 68.7 Å². The maximum atomic E-state index is 14.3. The first kappa shape index (κ1) is 37.1. The van der Waals surface area contributed by atoms with Gasteiger partial charge in [-0.15, -0.1) is 11.8 Å². The van der Waals surface area contributed by atoms with Crippen LogP contribution in [0.25, 0.3) is 11.8 Å². The molecular weight excluding hydrogens is 623 g/mol. The Bertz CT molecular complexity index is 1480. The predicted molar refractivity (Wildman–Crippen MR) is 181 cm³/mol. The molecule has 0 aliphatic carbocycles. The summed E-state index contributed by atoms with van der Waals surface area (Å²) in [6, 6.07) is 6.40. The number of aromatic nitrogens is 2. The van der Waals surface area contributed by atoms with Crippen molar-refractivity contribution in [1.29, 1.82) is 0 Å². The smallest absolute Gasteiger partial charge is 0.309 e. The molecule has 10 nitrogen and oxygen atoms in total. The number of hydrogen-bond donors (Lipinski definition) is 4. The third-order valence-corrected chi connectivity index (χ3v) is 11.1. The van der Waals surface area contributed by atoms with Crippen molar-refractivity contribution in [2.45, 2.75) is 109 Å². The number of rotatable bonds is 6. The third kappa shape index (κ3) is 7.94. The monoisotopic (exact) mass is 674 g/mol. The molecule has 2 aliphatic rings. The molecule has 0 saturated carbocycles. The molecule has 2 saturated heterocycles. The van der Waals surface area contributed by atoms with Crippen LogP contribution in [0.3, 0.4) is 0 Å². The first-order chi connectivity index (χ1) is 22.0. The average Bonchev–Trinajstić information content (AvgIpc) is 3.33. The number of thioether (sulfide) groups is 1. The normalized spacial score (nSPS) is 32.5. The molecule has 2 aliphatic heterocycles. The lowest BCUT2D eigenvalue weighted by molar-refractivity contribution is -0.154. The number of halogens is 1. The minimum atomic E-state index is -1.32. The molecule has 0 amide bonds. The summed E-state index contributed by atoms with van der Waals surface area (Å²) in [6.45, 7) is 11.3. The van der Waals surface area contributed by atoms with Crippen LogP contribution in [0.1, 0.15) is 79.3 Å². The number of β-amino-alcohol motifs (C(OH)–C–C–N with tert-alkyl or cyclic N) is 1. The Morgan fingerprint density at radius 2 is 1.91 bits per heavy atom. The molecule has 0 bridgehead atoms. The number of cyclic esters (lactones) is 1. The molecule has 1 aromatic heterocycles. The molecule has 3 heterocycles. The number of ether oxygens (including phenoxy) is 1. The number of aliphatic hydroxyl groups is 3. The van der Waals surface area contributed by atoms with E-state index < -0.39 is 47.9 Å². The minimum absolute atomic E-state index is 0.0119. The highest BCUT2D eigenvalue weighted by Crippen LogP contribution is 2.48. The number of nitrogen functional groups attached to an aromatic ring is 1. The zero-order chi connectivity index (χ0) is 34.8. The molecule has 5 N–H and O–H groups in total. The minimum Gasteiger partial charge on any atom is -0.458 e. The number of esters is 1. The van der Waals surface area contributed by atoms with Gasteiger partial charge in [-0.25, -0.2) is 9.07 Å². The second-order valence-corrected chi connectivity index (χ2v) is 14.9. The molecule has 2 aromatic rings. The Hall–Kier alpha value is -2.77. The lowest BCUT2D eigenvalue weighted by atomic mass is 9.73. The van der Waals surface area contributed by atoms with Gasteiger partial charge in [0, 0.05) is 36.5 Å². The van der Waals surface area contributed by atoms with Crippen molar-refractivity contribution in [3.05, 3.63) is 41.3 Å². The zero-order valence-corrected chi connectivity index (χ0v) is 29.4. The number of fused-ring (bicyclic) bond motifs is 1. The molecule has 0 spiro atoms. The van der Waals surface area contributed by atoms with Crippen LogP contribution in [-0.2, 0) is 14.3 Å². The summed E-state index contributed by atoms with van der Waals surface area (Å²) >= 11 is 1.45. The third-order valence-electron chi connectivity index (χ3n) is 10.4. The number of Topliss-reactive ketones (excluding diaryl/α,β-unsaturated/α-hetero) is 1. The van der Waals surface area contributed by atoms with Crippen LogP contribution in [0.4, 0.5) is 10.1 Å². The second-order valence-electron chi connectivity index (χ2n) is 14.1. The van der Waals surface area contributed by atoms with Crippen LogP contribution in [0.2, 0.25) is 0 Å².